The second-order valence-electron chi connectivity index (χ2n) is 6.45. The van der Waals surface area contributed by atoms with Gasteiger partial charge in [0.05, 0.1) is 0 Å². The van der Waals surface area contributed by atoms with Gasteiger partial charge in [0.15, 0.2) is 0 Å². The standard InChI is InChI=1S/C19H16N6SSe/c20-10-14-15-16(27-18(14)24-8-4-5-9-24)17-22-19(23-25(17)12-21-15)26-11-13-6-2-1-3-7-13/h1-3,6-7,12H,4-5,8-9,11H2. The molecule has 0 unspecified atom stereocenters. The van der Waals surface area contributed by atoms with Gasteiger partial charge in [-0.05, 0) is 0 Å². The van der Waals surface area contributed by atoms with E-state index >= 15 is 0 Å². The molecule has 1 fully saturated rings. The molecule has 0 saturated carbocycles. The molecule has 0 aliphatic carbocycles. The summed E-state index contributed by atoms with van der Waals surface area (Å²) < 4.78 is 4.01. The van der Waals surface area contributed by atoms with Crippen LogP contribution in [0, 0.1) is 11.3 Å². The Balaban J connectivity index is 1.54. The van der Waals surface area contributed by atoms with Gasteiger partial charge in [0.2, 0.25) is 0 Å². The van der Waals surface area contributed by atoms with Crippen LogP contribution in [0.15, 0.2) is 41.8 Å². The molecule has 6 nitrogen and oxygen atoms in total. The number of rotatable bonds is 4. The third-order valence-electron chi connectivity index (χ3n) is 4.69. The summed E-state index contributed by atoms with van der Waals surface area (Å²) in [6, 6.07) is 12.7. The fraction of sp³-hybridized carbons (Fsp3) is 0.263. The monoisotopic (exact) mass is 440 g/mol. The van der Waals surface area contributed by atoms with Crippen molar-refractivity contribution in [2.24, 2.45) is 0 Å². The second kappa shape index (κ2) is 7.01. The average molecular weight is 439 g/mol. The van der Waals surface area contributed by atoms with E-state index < -0.39 is 0 Å². The molecule has 27 heavy (non-hydrogen) atoms. The number of hydrogen-bond donors (Lipinski definition) is 0. The van der Waals surface area contributed by atoms with Crippen LogP contribution in [0.3, 0.4) is 0 Å². The van der Waals surface area contributed by atoms with E-state index in [0.29, 0.717) is 0 Å². The van der Waals surface area contributed by atoms with Gasteiger partial charge >= 0.3 is 167 Å². The van der Waals surface area contributed by atoms with Crippen LogP contribution < -0.4 is 4.90 Å². The molecule has 8 heteroatoms. The fourth-order valence-corrected chi connectivity index (χ4v) is 6.73. The maximum atomic E-state index is 9.72. The summed E-state index contributed by atoms with van der Waals surface area (Å²) in [5.41, 5.74) is 3.63. The van der Waals surface area contributed by atoms with Crippen molar-refractivity contribution >= 4 is 46.3 Å². The fourth-order valence-electron chi connectivity index (χ4n) is 3.36. The summed E-state index contributed by atoms with van der Waals surface area (Å²) in [6.45, 7) is 2.08. The van der Waals surface area contributed by atoms with Crippen molar-refractivity contribution in [2.45, 2.75) is 23.8 Å². The van der Waals surface area contributed by atoms with E-state index in [1.165, 1.54) is 23.0 Å². The molecule has 0 radical (unpaired) electrons. The van der Waals surface area contributed by atoms with E-state index in [-0.39, 0.29) is 14.5 Å². The van der Waals surface area contributed by atoms with Gasteiger partial charge in [-0.2, -0.15) is 0 Å². The second-order valence-corrected chi connectivity index (χ2v) is 9.49. The number of nitriles is 1. The van der Waals surface area contributed by atoms with E-state index in [0.717, 1.165) is 45.0 Å². The van der Waals surface area contributed by atoms with E-state index in [1.807, 2.05) is 18.2 Å². The zero-order chi connectivity index (χ0) is 18.2. The van der Waals surface area contributed by atoms with E-state index in [1.54, 1.807) is 22.6 Å². The van der Waals surface area contributed by atoms with Crippen molar-refractivity contribution < 1.29 is 0 Å². The van der Waals surface area contributed by atoms with Crippen molar-refractivity contribution in [1.29, 1.82) is 5.26 Å². The molecule has 0 bridgehead atoms. The Kier molecular flexibility index (Phi) is 4.36. The summed E-state index contributed by atoms with van der Waals surface area (Å²) in [5, 5.41) is 15.0. The minimum absolute atomic E-state index is 0.0502. The molecule has 4 aromatic rings. The molecule has 1 saturated heterocycles. The SMILES string of the molecule is N#Cc1c(N2CCCC2)[se]c2c1ncn1nc(SCc3ccccc3)nc21. The number of benzene rings is 1. The van der Waals surface area contributed by atoms with Crippen LogP contribution >= 0.6 is 11.8 Å². The van der Waals surface area contributed by atoms with E-state index in [9.17, 15) is 5.26 Å². The minimum atomic E-state index is 0.0502. The summed E-state index contributed by atoms with van der Waals surface area (Å²) in [5.74, 6) is 0.833. The van der Waals surface area contributed by atoms with Crippen LogP contribution in [0.25, 0.3) is 15.4 Å². The molecule has 0 N–H and O–H groups in total. The molecule has 1 aromatic carbocycles. The van der Waals surface area contributed by atoms with Crippen LogP contribution in [0.5, 0.6) is 0 Å². The summed E-state index contributed by atoms with van der Waals surface area (Å²) in [6.07, 6.45) is 4.08. The van der Waals surface area contributed by atoms with E-state index in [4.69, 9.17) is 4.98 Å². The first-order chi connectivity index (χ1) is 13.3. The van der Waals surface area contributed by atoms with Crippen LogP contribution in [0.4, 0.5) is 4.56 Å². The number of fused-ring (bicyclic) bond motifs is 3. The Morgan fingerprint density at radius 1 is 1.19 bits per heavy atom. The maximum absolute atomic E-state index is 9.72. The van der Waals surface area contributed by atoms with Gasteiger partial charge in [0, 0.05) is 0 Å². The molecular weight excluding hydrogens is 423 g/mol. The average Bonchev–Trinajstić information content (AvgIpc) is 3.43. The first-order valence-corrected chi connectivity index (χ1v) is 11.5. The Labute approximate surface area is 166 Å². The first-order valence-electron chi connectivity index (χ1n) is 8.83. The number of anilines is 1. The Morgan fingerprint density at radius 3 is 2.78 bits per heavy atom. The van der Waals surface area contributed by atoms with Gasteiger partial charge < -0.3 is 0 Å². The zero-order valence-electron chi connectivity index (χ0n) is 14.5. The summed E-state index contributed by atoms with van der Waals surface area (Å²) in [4.78, 5) is 11.7. The topological polar surface area (TPSA) is 70.1 Å². The van der Waals surface area contributed by atoms with Gasteiger partial charge in [0.1, 0.15) is 0 Å². The van der Waals surface area contributed by atoms with E-state index in [2.05, 4.69) is 33.2 Å². The van der Waals surface area contributed by atoms with Gasteiger partial charge in [-0.1, -0.05) is 0 Å². The van der Waals surface area contributed by atoms with Crippen molar-refractivity contribution in [3.63, 3.8) is 0 Å². The molecule has 5 rings (SSSR count). The van der Waals surface area contributed by atoms with Crippen molar-refractivity contribution in [1.82, 2.24) is 19.6 Å². The number of nitrogens with zero attached hydrogens (tertiary/aromatic N) is 6. The predicted molar refractivity (Wildman–Crippen MR) is 107 cm³/mol. The van der Waals surface area contributed by atoms with Gasteiger partial charge in [-0.25, -0.2) is 0 Å². The van der Waals surface area contributed by atoms with Crippen molar-refractivity contribution in [3.8, 4) is 6.07 Å². The first kappa shape index (κ1) is 16.8. The molecule has 0 atom stereocenters. The number of aromatic nitrogens is 4. The molecular formula is C19H16N6SSe. The molecule has 0 spiro atoms. The zero-order valence-corrected chi connectivity index (χ0v) is 17.0. The summed E-state index contributed by atoms with van der Waals surface area (Å²) >= 11 is 1.67. The van der Waals surface area contributed by atoms with Crippen molar-refractivity contribution in [3.05, 3.63) is 47.8 Å². The molecule has 3 aromatic heterocycles. The number of thioether (sulfide) groups is 1. The quantitative estimate of drug-likeness (QED) is 0.360. The Bertz CT molecular complexity index is 1150. The van der Waals surface area contributed by atoms with Gasteiger partial charge in [-0.15, -0.1) is 0 Å². The molecule has 134 valence electrons. The van der Waals surface area contributed by atoms with Crippen LogP contribution in [0.1, 0.15) is 24.0 Å². The molecule has 1 aliphatic heterocycles. The van der Waals surface area contributed by atoms with Crippen LogP contribution in [0.2, 0.25) is 0 Å². The summed E-state index contributed by atoms with van der Waals surface area (Å²) in [7, 11) is 0. The van der Waals surface area contributed by atoms with Crippen LogP contribution in [-0.4, -0.2) is 47.2 Å². The molecule has 4 heterocycles. The Hall–Kier alpha value is -2.33. The Morgan fingerprint density at radius 2 is 2.00 bits per heavy atom. The third-order valence-corrected chi connectivity index (χ3v) is 8.19. The van der Waals surface area contributed by atoms with Gasteiger partial charge in [0.25, 0.3) is 0 Å². The predicted octanol–water partition coefficient (Wildman–Crippen LogP) is 3.10. The number of hydrogen-bond acceptors (Lipinski definition) is 6. The van der Waals surface area contributed by atoms with Gasteiger partial charge in [-0.3, -0.25) is 0 Å². The normalized spacial score (nSPS) is 14.3. The van der Waals surface area contributed by atoms with Crippen molar-refractivity contribution in [2.75, 3.05) is 18.0 Å². The molecule has 1 aliphatic rings. The third kappa shape index (κ3) is 3.02. The molecule has 0 amide bonds. The van der Waals surface area contributed by atoms with Crippen LogP contribution in [-0.2, 0) is 5.75 Å².